The molecule has 0 aromatic heterocycles. The molecule has 1 fully saturated rings. The number of aliphatic carboxylic acids is 1. The van der Waals surface area contributed by atoms with Gasteiger partial charge in [-0.3, -0.25) is 19.3 Å². The first-order valence-electron chi connectivity index (χ1n) is 16.5. The number of benzene rings is 2. The van der Waals surface area contributed by atoms with Crippen LogP contribution in [0.3, 0.4) is 0 Å². The summed E-state index contributed by atoms with van der Waals surface area (Å²) < 4.78 is 16.9. The van der Waals surface area contributed by atoms with Gasteiger partial charge in [-0.25, -0.2) is 0 Å². The topological polar surface area (TPSA) is 112 Å². The highest BCUT2D eigenvalue weighted by molar-refractivity contribution is 6.01. The molecule has 0 saturated carbocycles. The van der Waals surface area contributed by atoms with Gasteiger partial charge >= 0.3 is 5.97 Å². The smallest absolute Gasteiger partial charge is 0.308 e. The van der Waals surface area contributed by atoms with E-state index in [1.54, 1.807) is 12.0 Å². The second kappa shape index (κ2) is 15.2. The fourth-order valence-electron chi connectivity index (χ4n) is 7.09. The Labute approximate surface area is 272 Å². The van der Waals surface area contributed by atoms with Gasteiger partial charge in [0.2, 0.25) is 24.4 Å². The molecule has 3 aliphatic heterocycles. The van der Waals surface area contributed by atoms with Crippen LogP contribution in [0.1, 0.15) is 56.1 Å². The first kappa shape index (κ1) is 33.5. The maximum Gasteiger partial charge on any atom is 0.308 e. The molecule has 0 unspecified atom stereocenters. The maximum atomic E-state index is 13.9. The molecular formula is C35H48N4O7. The van der Waals surface area contributed by atoms with Crippen LogP contribution in [0.5, 0.6) is 17.2 Å². The number of unbranched alkanes of at least 4 members (excludes halogenated alkanes) is 2. The van der Waals surface area contributed by atoms with E-state index in [1.807, 2.05) is 60.3 Å². The molecule has 0 bridgehead atoms. The van der Waals surface area contributed by atoms with Gasteiger partial charge in [-0.1, -0.05) is 31.5 Å². The Hall–Kier alpha value is -3.83. The van der Waals surface area contributed by atoms with Crippen molar-refractivity contribution in [1.82, 2.24) is 14.7 Å². The normalized spacial score (nSPS) is 20.4. The molecule has 1 N–H and O–H groups in total. The number of fused-ring (bicyclic) bond motifs is 2. The molecule has 1 saturated heterocycles. The van der Waals surface area contributed by atoms with Crippen LogP contribution in [0.2, 0.25) is 0 Å². The number of carboxylic acids is 1. The quantitative estimate of drug-likeness (QED) is 0.275. The third kappa shape index (κ3) is 7.41. The van der Waals surface area contributed by atoms with E-state index in [1.165, 1.54) is 0 Å². The van der Waals surface area contributed by atoms with Gasteiger partial charge in [0, 0.05) is 43.8 Å². The van der Waals surface area contributed by atoms with Crippen LogP contribution in [0, 0.1) is 5.92 Å². The molecule has 0 aliphatic carbocycles. The van der Waals surface area contributed by atoms with Gasteiger partial charge in [-0.05, 0) is 75.6 Å². The number of hydrogen-bond donors (Lipinski definition) is 1. The van der Waals surface area contributed by atoms with Crippen molar-refractivity contribution >= 4 is 23.5 Å². The van der Waals surface area contributed by atoms with Crippen molar-refractivity contribution in [2.24, 2.45) is 5.92 Å². The molecule has 3 heterocycles. The van der Waals surface area contributed by atoms with E-state index < -0.39 is 23.8 Å². The summed E-state index contributed by atoms with van der Waals surface area (Å²) in [5.74, 6) is -0.629. The molecular weight excluding hydrogens is 588 g/mol. The minimum atomic E-state index is -0.929. The molecule has 2 amide bonds. The largest absolute Gasteiger partial charge is 0.493 e. The van der Waals surface area contributed by atoms with E-state index in [2.05, 4.69) is 11.8 Å². The Kier molecular flexibility index (Phi) is 11.1. The molecule has 2 aromatic carbocycles. The van der Waals surface area contributed by atoms with Crippen molar-refractivity contribution in [2.45, 2.75) is 57.4 Å². The zero-order chi connectivity index (χ0) is 32.8. The van der Waals surface area contributed by atoms with Gasteiger partial charge in [0.05, 0.1) is 26.0 Å². The Balaban J connectivity index is 1.41. The van der Waals surface area contributed by atoms with Gasteiger partial charge in [-0.2, -0.15) is 0 Å². The Morgan fingerprint density at radius 3 is 2.57 bits per heavy atom. The third-order valence-corrected chi connectivity index (χ3v) is 9.47. The van der Waals surface area contributed by atoms with E-state index in [9.17, 15) is 19.5 Å². The summed E-state index contributed by atoms with van der Waals surface area (Å²) in [7, 11) is 5.65. The SMILES string of the molecule is CCCCN(CCCCN(C)C)C(=O)CN1C[C@H](c2cc(OC)c3c(c2)OCO3)[C@@H](C(=O)O)[C@@H]1CCN1C(=O)Cc2ccccc21. The summed E-state index contributed by atoms with van der Waals surface area (Å²) >= 11 is 0. The standard InChI is InChI=1S/C35H48N4O7/c1-5-6-15-37(16-10-9-14-36(2)3)32(41)22-38-21-26(25-18-29(44-4)34-30(19-25)45-23-46-34)33(35(42)43)28(38)13-17-39-27-12-8-7-11-24(27)20-31(39)40/h7-8,11-12,18-19,26,28,33H,5-6,9-10,13-17,20-23H2,1-4H3,(H,42,43)/t26-,28+,33-/m1/s1. The number of para-hydroxylation sites is 1. The average molecular weight is 637 g/mol. The molecule has 3 aliphatic rings. The Morgan fingerprint density at radius 1 is 1.07 bits per heavy atom. The fraction of sp³-hybridized carbons (Fsp3) is 0.571. The van der Waals surface area contributed by atoms with E-state index in [0.29, 0.717) is 56.3 Å². The van der Waals surface area contributed by atoms with E-state index in [0.717, 1.165) is 49.0 Å². The van der Waals surface area contributed by atoms with Crippen molar-refractivity contribution in [3.8, 4) is 17.2 Å². The second-order valence-corrected chi connectivity index (χ2v) is 12.8. The summed E-state index contributed by atoms with van der Waals surface area (Å²) in [6.07, 6.45) is 4.55. The monoisotopic (exact) mass is 636 g/mol. The summed E-state index contributed by atoms with van der Waals surface area (Å²) in [5.41, 5.74) is 2.62. The third-order valence-electron chi connectivity index (χ3n) is 9.47. The molecule has 0 spiro atoms. The number of amides is 2. The number of carbonyl (C=O) groups is 3. The second-order valence-electron chi connectivity index (χ2n) is 12.8. The number of ether oxygens (including phenoxy) is 3. The number of carboxylic acid groups (broad SMARTS) is 1. The molecule has 0 radical (unpaired) electrons. The number of nitrogens with zero attached hydrogens (tertiary/aromatic N) is 4. The maximum absolute atomic E-state index is 13.9. The summed E-state index contributed by atoms with van der Waals surface area (Å²) in [6.45, 7) is 5.37. The lowest BCUT2D eigenvalue weighted by atomic mass is 9.84. The zero-order valence-electron chi connectivity index (χ0n) is 27.6. The number of rotatable bonds is 16. The predicted octanol–water partition coefficient (Wildman–Crippen LogP) is 3.84. The lowest BCUT2D eigenvalue weighted by Gasteiger charge is -2.31. The number of anilines is 1. The van der Waals surface area contributed by atoms with Crippen molar-refractivity contribution in [3.05, 3.63) is 47.5 Å². The molecule has 11 nitrogen and oxygen atoms in total. The summed E-state index contributed by atoms with van der Waals surface area (Å²) in [4.78, 5) is 47.9. The number of carbonyl (C=O) groups excluding carboxylic acids is 2. The van der Waals surface area contributed by atoms with Crippen LogP contribution in [0.15, 0.2) is 36.4 Å². The molecule has 2 aromatic rings. The first-order chi connectivity index (χ1) is 22.2. The van der Waals surface area contributed by atoms with Gasteiger partial charge in [0.15, 0.2) is 11.5 Å². The van der Waals surface area contributed by atoms with Crippen LogP contribution >= 0.6 is 0 Å². The number of hydrogen-bond acceptors (Lipinski definition) is 8. The van der Waals surface area contributed by atoms with Crippen molar-refractivity contribution in [3.63, 3.8) is 0 Å². The molecule has 5 rings (SSSR count). The molecule has 46 heavy (non-hydrogen) atoms. The van der Waals surface area contributed by atoms with E-state index in [-0.39, 0.29) is 25.2 Å². The first-order valence-corrected chi connectivity index (χ1v) is 16.5. The van der Waals surface area contributed by atoms with Crippen molar-refractivity contribution < 1.29 is 33.7 Å². The number of methoxy groups -OCH3 is 1. The molecule has 250 valence electrons. The average Bonchev–Trinajstić information content (AvgIpc) is 3.74. The van der Waals surface area contributed by atoms with E-state index in [4.69, 9.17) is 14.2 Å². The predicted molar refractivity (Wildman–Crippen MR) is 175 cm³/mol. The van der Waals surface area contributed by atoms with Crippen LogP contribution in [0.25, 0.3) is 0 Å². The van der Waals surface area contributed by atoms with Crippen LogP contribution in [-0.2, 0) is 20.8 Å². The highest BCUT2D eigenvalue weighted by Crippen LogP contribution is 2.47. The van der Waals surface area contributed by atoms with Gasteiger partial charge < -0.3 is 34.0 Å². The lowest BCUT2D eigenvalue weighted by molar-refractivity contribution is -0.143. The number of likely N-dealkylation sites (tertiary alicyclic amines) is 1. The minimum Gasteiger partial charge on any atom is -0.493 e. The van der Waals surface area contributed by atoms with Gasteiger partial charge in [0.1, 0.15) is 0 Å². The Bertz CT molecular complexity index is 1400. The lowest BCUT2D eigenvalue weighted by Crippen LogP contribution is -2.46. The summed E-state index contributed by atoms with van der Waals surface area (Å²) in [6, 6.07) is 10.9. The fourth-order valence-corrected chi connectivity index (χ4v) is 7.09. The van der Waals surface area contributed by atoms with Crippen LogP contribution in [-0.4, -0.2) is 111 Å². The Morgan fingerprint density at radius 2 is 1.83 bits per heavy atom. The van der Waals surface area contributed by atoms with Crippen molar-refractivity contribution in [2.75, 3.05) is 72.2 Å². The van der Waals surface area contributed by atoms with Crippen molar-refractivity contribution in [1.29, 1.82) is 0 Å². The summed E-state index contributed by atoms with van der Waals surface area (Å²) in [5, 5.41) is 10.7. The van der Waals surface area contributed by atoms with Gasteiger partial charge in [-0.15, -0.1) is 0 Å². The van der Waals surface area contributed by atoms with Gasteiger partial charge in [0.25, 0.3) is 0 Å². The highest BCUT2D eigenvalue weighted by Gasteiger charge is 2.48. The molecule has 3 atom stereocenters. The van der Waals surface area contributed by atoms with Crippen LogP contribution < -0.4 is 19.1 Å². The highest BCUT2D eigenvalue weighted by atomic mass is 16.7. The molecule has 11 heteroatoms. The minimum absolute atomic E-state index is 0.00854. The van der Waals surface area contributed by atoms with Crippen LogP contribution in [0.4, 0.5) is 5.69 Å². The zero-order valence-corrected chi connectivity index (χ0v) is 27.6. The van der Waals surface area contributed by atoms with E-state index >= 15 is 0 Å².